The van der Waals surface area contributed by atoms with Crippen molar-refractivity contribution < 1.29 is 14.4 Å². The van der Waals surface area contributed by atoms with Crippen molar-refractivity contribution in [2.45, 2.75) is 51.7 Å². The zero-order valence-corrected chi connectivity index (χ0v) is 17.0. The fraction of sp³-hybridized carbons (Fsp3) is 0.348. The van der Waals surface area contributed by atoms with Crippen LogP contribution < -0.4 is 16.0 Å². The van der Waals surface area contributed by atoms with Gasteiger partial charge < -0.3 is 16.0 Å². The van der Waals surface area contributed by atoms with Crippen molar-refractivity contribution in [3.05, 3.63) is 70.8 Å². The summed E-state index contributed by atoms with van der Waals surface area (Å²) in [5.74, 6) is -0.447. The van der Waals surface area contributed by atoms with Crippen LogP contribution in [0.15, 0.2) is 48.5 Å². The van der Waals surface area contributed by atoms with E-state index in [0.29, 0.717) is 29.3 Å². The molecule has 1 saturated carbocycles. The van der Waals surface area contributed by atoms with Gasteiger partial charge >= 0.3 is 0 Å². The van der Waals surface area contributed by atoms with E-state index in [4.69, 9.17) is 0 Å². The van der Waals surface area contributed by atoms with Crippen LogP contribution in [0.4, 0.5) is 0 Å². The lowest BCUT2D eigenvalue weighted by Crippen LogP contribution is -2.40. The molecule has 3 amide bonds. The Hall–Kier alpha value is -3.15. The molecule has 6 heteroatoms. The lowest BCUT2D eigenvalue weighted by molar-refractivity contribution is 0.0914. The Morgan fingerprint density at radius 2 is 1.28 bits per heavy atom. The molecule has 1 aliphatic carbocycles. The van der Waals surface area contributed by atoms with Gasteiger partial charge in [-0.25, -0.2) is 0 Å². The Labute approximate surface area is 171 Å². The van der Waals surface area contributed by atoms with Gasteiger partial charge in [0.2, 0.25) is 0 Å². The third-order valence-electron chi connectivity index (χ3n) is 4.48. The van der Waals surface area contributed by atoms with E-state index in [9.17, 15) is 14.4 Å². The van der Waals surface area contributed by atoms with Gasteiger partial charge in [0.25, 0.3) is 17.7 Å². The monoisotopic (exact) mass is 393 g/mol. The van der Waals surface area contributed by atoms with Crippen molar-refractivity contribution in [3.63, 3.8) is 0 Å². The number of rotatable bonds is 6. The van der Waals surface area contributed by atoms with Gasteiger partial charge in [0.05, 0.1) is 0 Å². The van der Waals surface area contributed by atoms with E-state index in [1.54, 1.807) is 36.4 Å². The smallest absolute Gasteiger partial charge is 0.251 e. The van der Waals surface area contributed by atoms with Crippen molar-refractivity contribution in [3.8, 4) is 0 Å². The van der Waals surface area contributed by atoms with Crippen molar-refractivity contribution in [2.75, 3.05) is 0 Å². The summed E-state index contributed by atoms with van der Waals surface area (Å²) in [6.45, 7) is 6.10. The molecule has 2 aromatic rings. The van der Waals surface area contributed by atoms with Crippen molar-refractivity contribution in [1.82, 2.24) is 16.0 Å². The zero-order valence-electron chi connectivity index (χ0n) is 17.0. The molecule has 0 bridgehead atoms. The van der Waals surface area contributed by atoms with E-state index in [1.165, 1.54) is 0 Å². The van der Waals surface area contributed by atoms with Crippen LogP contribution in [-0.2, 0) is 6.54 Å². The maximum Gasteiger partial charge on any atom is 0.251 e. The second-order valence-electron chi connectivity index (χ2n) is 8.41. The quantitative estimate of drug-likeness (QED) is 0.705. The topological polar surface area (TPSA) is 87.3 Å². The number of amides is 3. The summed E-state index contributed by atoms with van der Waals surface area (Å²) in [4.78, 5) is 36.5. The first kappa shape index (κ1) is 20.6. The Bertz CT molecular complexity index is 892. The average molecular weight is 393 g/mol. The fourth-order valence-electron chi connectivity index (χ4n) is 2.74. The molecule has 3 rings (SSSR count). The van der Waals surface area contributed by atoms with Gasteiger partial charge in [-0.05, 0) is 75.6 Å². The molecule has 0 spiro atoms. The molecule has 6 nitrogen and oxygen atoms in total. The number of carbonyl (C=O) groups excluding carboxylic acids is 3. The molecule has 1 fully saturated rings. The second-order valence-corrected chi connectivity index (χ2v) is 8.41. The molecule has 0 aromatic heterocycles. The first-order chi connectivity index (χ1) is 13.7. The largest absolute Gasteiger partial charge is 0.349 e. The molecule has 0 unspecified atom stereocenters. The summed E-state index contributed by atoms with van der Waals surface area (Å²) in [6, 6.07) is 14.1. The number of hydrogen-bond donors (Lipinski definition) is 3. The third kappa shape index (κ3) is 6.17. The molecule has 3 N–H and O–H groups in total. The van der Waals surface area contributed by atoms with Crippen LogP contribution in [0.25, 0.3) is 0 Å². The van der Waals surface area contributed by atoms with E-state index < -0.39 is 0 Å². The van der Waals surface area contributed by atoms with E-state index in [-0.39, 0.29) is 23.3 Å². The predicted molar refractivity (Wildman–Crippen MR) is 112 cm³/mol. The number of carbonyl (C=O) groups is 3. The molecule has 29 heavy (non-hydrogen) atoms. The highest BCUT2D eigenvalue weighted by Gasteiger charge is 2.23. The molecular weight excluding hydrogens is 366 g/mol. The van der Waals surface area contributed by atoms with Gasteiger partial charge in [-0.3, -0.25) is 14.4 Å². The number of hydrogen-bond acceptors (Lipinski definition) is 3. The lowest BCUT2D eigenvalue weighted by Gasteiger charge is -2.20. The van der Waals surface area contributed by atoms with Gasteiger partial charge in [-0.15, -0.1) is 0 Å². The molecule has 0 atom stereocenters. The summed E-state index contributed by atoms with van der Waals surface area (Å²) in [6.07, 6.45) is 2.11. The minimum atomic E-state index is -0.318. The van der Waals surface area contributed by atoms with Crippen LogP contribution in [-0.4, -0.2) is 29.3 Å². The Balaban J connectivity index is 1.52. The van der Waals surface area contributed by atoms with E-state index in [2.05, 4.69) is 16.0 Å². The van der Waals surface area contributed by atoms with Crippen LogP contribution in [0.1, 0.15) is 70.3 Å². The predicted octanol–water partition coefficient (Wildman–Crippen LogP) is 3.04. The normalized spacial score (nSPS) is 13.5. The Morgan fingerprint density at radius 1 is 0.793 bits per heavy atom. The van der Waals surface area contributed by atoms with Gasteiger partial charge in [-0.1, -0.05) is 12.1 Å². The third-order valence-corrected chi connectivity index (χ3v) is 4.48. The summed E-state index contributed by atoms with van der Waals surface area (Å²) in [5, 5.41) is 8.69. The van der Waals surface area contributed by atoms with Gasteiger partial charge in [0.15, 0.2) is 0 Å². The molecule has 0 saturated heterocycles. The zero-order chi connectivity index (χ0) is 21.0. The van der Waals surface area contributed by atoms with Crippen molar-refractivity contribution in [1.29, 1.82) is 0 Å². The van der Waals surface area contributed by atoms with E-state index in [1.807, 2.05) is 32.9 Å². The number of nitrogens with one attached hydrogen (secondary N) is 3. The molecular formula is C23H27N3O3. The van der Waals surface area contributed by atoms with Crippen LogP contribution in [0.3, 0.4) is 0 Å². The highest BCUT2D eigenvalue weighted by atomic mass is 16.2. The van der Waals surface area contributed by atoms with Gasteiger partial charge in [-0.2, -0.15) is 0 Å². The highest BCUT2D eigenvalue weighted by molar-refractivity contribution is 5.98. The number of benzene rings is 2. The molecule has 0 heterocycles. The summed E-state index contributed by atoms with van der Waals surface area (Å²) >= 11 is 0. The first-order valence-electron chi connectivity index (χ1n) is 9.82. The molecule has 0 radical (unpaired) electrons. The molecule has 0 aliphatic heterocycles. The molecule has 152 valence electrons. The van der Waals surface area contributed by atoms with Crippen LogP contribution in [0, 0.1) is 0 Å². The van der Waals surface area contributed by atoms with Crippen molar-refractivity contribution >= 4 is 17.7 Å². The minimum Gasteiger partial charge on any atom is -0.349 e. The van der Waals surface area contributed by atoms with Crippen molar-refractivity contribution in [2.24, 2.45) is 0 Å². The molecule has 1 aliphatic rings. The lowest BCUT2D eigenvalue weighted by atomic mass is 10.1. The Morgan fingerprint density at radius 3 is 1.79 bits per heavy atom. The van der Waals surface area contributed by atoms with Crippen LogP contribution in [0.5, 0.6) is 0 Å². The summed E-state index contributed by atoms with van der Waals surface area (Å²) in [5.41, 5.74) is 2.20. The first-order valence-corrected chi connectivity index (χ1v) is 9.82. The second kappa shape index (κ2) is 8.47. The van der Waals surface area contributed by atoms with Crippen LogP contribution in [0.2, 0.25) is 0 Å². The van der Waals surface area contributed by atoms with Gasteiger partial charge in [0.1, 0.15) is 0 Å². The minimum absolute atomic E-state index is 0.0568. The SMILES string of the molecule is CC(C)(C)NC(=O)c1ccc(C(=O)NCc2ccc(C(=O)NC3CC3)cc2)cc1. The Kier molecular flexibility index (Phi) is 6.01. The van der Waals surface area contributed by atoms with E-state index in [0.717, 1.165) is 18.4 Å². The maximum atomic E-state index is 12.4. The summed E-state index contributed by atoms with van der Waals surface area (Å²) < 4.78 is 0. The summed E-state index contributed by atoms with van der Waals surface area (Å²) in [7, 11) is 0. The fourth-order valence-corrected chi connectivity index (χ4v) is 2.74. The highest BCUT2D eigenvalue weighted by Crippen LogP contribution is 2.19. The van der Waals surface area contributed by atoms with Gasteiger partial charge in [0, 0.05) is 34.8 Å². The van der Waals surface area contributed by atoms with E-state index >= 15 is 0 Å². The van der Waals surface area contributed by atoms with Crippen LogP contribution >= 0.6 is 0 Å². The maximum absolute atomic E-state index is 12.4. The standard InChI is InChI=1S/C23H27N3O3/c1-23(2,3)26-22(29)18-10-8-16(9-11-18)20(27)24-14-15-4-6-17(7-5-15)21(28)25-19-12-13-19/h4-11,19H,12-14H2,1-3H3,(H,24,27)(H,25,28)(H,26,29). The average Bonchev–Trinajstić information content (AvgIpc) is 3.49. The molecule has 2 aromatic carbocycles.